The van der Waals surface area contributed by atoms with E-state index in [0.717, 1.165) is 22.7 Å². The van der Waals surface area contributed by atoms with Crippen LogP contribution in [0.15, 0.2) is 54.9 Å². The van der Waals surface area contributed by atoms with Gasteiger partial charge in [-0.15, -0.1) is 0 Å². The van der Waals surface area contributed by atoms with Gasteiger partial charge in [0.15, 0.2) is 17.0 Å². The molecule has 2 aromatic carbocycles. The Morgan fingerprint density at radius 1 is 0.857 bits per heavy atom. The Morgan fingerprint density at radius 3 is 2.39 bits per heavy atom. The summed E-state index contributed by atoms with van der Waals surface area (Å²) in [5, 5.41) is 6.58. The van der Waals surface area contributed by atoms with Gasteiger partial charge in [-0.05, 0) is 49.7 Å². The maximum atomic E-state index is 5.19. The number of rotatable bonds is 5. The number of nitrogens with one attached hydrogen (secondary N) is 2. The van der Waals surface area contributed by atoms with Gasteiger partial charge < -0.3 is 15.4 Å². The van der Waals surface area contributed by atoms with Crippen LogP contribution in [0.5, 0.6) is 5.75 Å². The quantitative estimate of drug-likeness (QED) is 0.532. The van der Waals surface area contributed by atoms with Gasteiger partial charge in [0.2, 0.25) is 5.95 Å². The van der Waals surface area contributed by atoms with Crippen LogP contribution in [0.4, 0.5) is 23.1 Å². The Hall–Kier alpha value is -3.74. The van der Waals surface area contributed by atoms with Crippen LogP contribution in [0.3, 0.4) is 0 Å². The molecule has 0 saturated heterocycles. The van der Waals surface area contributed by atoms with Crippen molar-refractivity contribution in [1.29, 1.82) is 0 Å². The molecule has 0 bridgehead atoms. The van der Waals surface area contributed by atoms with Crippen LogP contribution in [0, 0.1) is 13.8 Å². The van der Waals surface area contributed by atoms with Gasteiger partial charge in [-0.1, -0.05) is 17.7 Å². The molecule has 140 valence electrons. The largest absolute Gasteiger partial charge is 0.497 e. The molecular formula is C21H20N6O. The summed E-state index contributed by atoms with van der Waals surface area (Å²) in [5.41, 5.74) is 5.27. The van der Waals surface area contributed by atoms with Gasteiger partial charge in [-0.2, -0.15) is 9.97 Å². The van der Waals surface area contributed by atoms with Crippen LogP contribution >= 0.6 is 0 Å². The van der Waals surface area contributed by atoms with E-state index >= 15 is 0 Å². The Balaban J connectivity index is 1.72. The van der Waals surface area contributed by atoms with Gasteiger partial charge in [0.1, 0.15) is 5.75 Å². The molecule has 0 aliphatic heterocycles. The summed E-state index contributed by atoms with van der Waals surface area (Å²) in [5.74, 6) is 1.82. The lowest BCUT2D eigenvalue weighted by Gasteiger charge is -2.13. The first-order chi connectivity index (χ1) is 13.6. The van der Waals surface area contributed by atoms with Crippen molar-refractivity contribution in [3.05, 3.63) is 66.0 Å². The first-order valence-electron chi connectivity index (χ1n) is 8.86. The number of hydrogen-bond donors (Lipinski definition) is 2. The lowest BCUT2D eigenvalue weighted by molar-refractivity contribution is 0.415. The van der Waals surface area contributed by atoms with Crippen LogP contribution in [0.25, 0.3) is 11.2 Å². The number of anilines is 4. The van der Waals surface area contributed by atoms with Crippen molar-refractivity contribution in [2.75, 3.05) is 17.7 Å². The van der Waals surface area contributed by atoms with Crippen molar-refractivity contribution in [3.63, 3.8) is 0 Å². The van der Waals surface area contributed by atoms with Crippen molar-refractivity contribution in [1.82, 2.24) is 19.9 Å². The molecule has 2 aromatic heterocycles. The monoisotopic (exact) mass is 372 g/mol. The van der Waals surface area contributed by atoms with E-state index in [4.69, 9.17) is 4.74 Å². The van der Waals surface area contributed by atoms with E-state index in [2.05, 4.69) is 56.5 Å². The zero-order valence-corrected chi connectivity index (χ0v) is 15.9. The number of methoxy groups -OCH3 is 1. The lowest BCUT2D eigenvalue weighted by Crippen LogP contribution is -2.04. The van der Waals surface area contributed by atoms with E-state index in [0.29, 0.717) is 22.9 Å². The average Bonchev–Trinajstić information content (AvgIpc) is 2.70. The van der Waals surface area contributed by atoms with E-state index in [1.165, 1.54) is 5.56 Å². The second-order valence-corrected chi connectivity index (χ2v) is 6.42. The van der Waals surface area contributed by atoms with Gasteiger partial charge in [0.05, 0.1) is 7.11 Å². The number of aromatic nitrogens is 4. The van der Waals surface area contributed by atoms with Crippen molar-refractivity contribution >= 4 is 34.3 Å². The summed E-state index contributed by atoms with van der Waals surface area (Å²) >= 11 is 0. The second-order valence-electron chi connectivity index (χ2n) is 6.42. The molecule has 0 amide bonds. The van der Waals surface area contributed by atoms with E-state index in [-0.39, 0.29) is 0 Å². The van der Waals surface area contributed by atoms with E-state index in [1.54, 1.807) is 19.5 Å². The standard InChI is InChI=1S/C21H20N6O/c1-13-4-9-17(14(2)12-13)25-20-18-19(23-11-10-22-18)26-21(27-20)24-15-5-7-16(28-3)8-6-15/h4-12H,1-3H3,(H2,23,24,25,26,27). The fourth-order valence-corrected chi connectivity index (χ4v) is 2.89. The summed E-state index contributed by atoms with van der Waals surface area (Å²) in [6, 6.07) is 13.8. The van der Waals surface area contributed by atoms with Crippen molar-refractivity contribution < 1.29 is 4.74 Å². The maximum Gasteiger partial charge on any atom is 0.231 e. The van der Waals surface area contributed by atoms with Gasteiger partial charge in [0, 0.05) is 23.8 Å². The minimum absolute atomic E-state index is 0.436. The molecule has 0 fully saturated rings. The highest BCUT2D eigenvalue weighted by molar-refractivity contribution is 5.86. The third-order valence-electron chi connectivity index (χ3n) is 4.31. The average molecular weight is 372 g/mol. The molecule has 0 saturated carbocycles. The molecule has 4 aromatic rings. The number of fused-ring (bicyclic) bond motifs is 1. The summed E-state index contributed by atoms with van der Waals surface area (Å²) in [4.78, 5) is 17.9. The zero-order valence-electron chi connectivity index (χ0n) is 15.9. The predicted molar refractivity (Wildman–Crippen MR) is 111 cm³/mol. The molecule has 0 unspecified atom stereocenters. The summed E-state index contributed by atoms with van der Waals surface area (Å²) < 4.78 is 5.19. The summed E-state index contributed by atoms with van der Waals surface area (Å²) in [6.07, 6.45) is 3.25. The summed E-state index contributed by atoms with van der Waals surface area (Å²) in [7, 11) is 1.64. The van der Waals surface area contributed by atoms with Crippen LogP contribution < -0.4 is 15.4 Å². The third kappa shape index (κ3) is 3.68. The van der Waals surface area contributed by atoms with Crippen LogP contribution in [0.1, 0.15) is 11.1 Å². The molecule has 0 atom stereocenters. The molecule has 4 rings (SSSR count). The van der Waals surface area contributed by atoms with Gasteiger partial charge >= 0.3 is 0 Å². The number of ether oxygens (including phenoxy) is 1. The predicted octanol–water partition coefficient (Wildman–Crippen LogP) is 4.53. The fraction of sp³-hybridized carbons (Fsp3) is 0.143. The Labute approximate surface area is 162 Å². The van der Waals surface area contributed by atoms with Gasteiger partial charge in [0.25, 0.3) is 0 Å². The highest BCUT2D eigenvalue weighted by atomic mass is 16.5. The minimum Gasteiger partial charge on any atom is -0.497 e. The Kier molecular flexibility index (Phi) is 4.72. The number of nitrogens with zero attached hydrogens (tertiary/aromatic N) is 4. The lowest BCUT2D eigenvalue weighted by atomic mass is 10.1. The van der Waals surface area contributed by atoms with Crippen molar-refractivity contribution in [2.45, 2.75) is 13.8 Å². The number of aryl methyl sites for hydroxylation is 2. The SMILES string of the molecule is COc1ccc(Nc2nc(Nc3ccc(C)cc3C)c3nccnc3n2)cc1. The second kappa shape index (κ2) is 7.48. The van der Waals surface area contributed by atoms with Crippen LogP contribution in [-0.2, 0) is 0 Å². The molecule has 0 aliphatic rings. The van der Waals surface area contributed by atoms with Crippen molar-refractivity contribution in [3.8, 4) is 5.75 Å². The van der Waals surface area contributed by atoms with E-state index in [9.17, 15) is 0 Å². The molecule has 0 radical (unpaired) electrons. The molecular weight excluding hydrogens is 352 g/mol. The van der Waals surface area contributed by atoms with Gasteiger partial charge in [-0.25, -0.2) is 9.97 Å². The molecule has 7 nitrogen and oxygen atoms in total. The normalized spacial score (nSPS) is 10.7. The minimum atomic E-state index is 0.436. The van der Waals surface area contributed by atoms with Crippen molar-refractivity contribution in [2.24, 2.45) is 0 Å². The van der Waals surface area contributed by atoms with Gasteiger partial charge in [-0.3, -0.25) is 0 Å². The maximum absolute atomic E-state index is 5.19. The topological polar surface area (TPSA) is 84.9 Å². The Morgan fingerprint density at radius 2 is 1.64 bits per heavy atom. The molecule has 0 spiro atoms. The zero-order chi connectivity index (χ0) is 19.5. The first-order valence-corrected chi connectivity index (χ1v) is 8.86. The number of benzene rings is 2. The van der Waals surface area contributed by atoms with E-state index < -0.39 is 0 Å². The van der Waals surface area contributed by atoms with Crippen LogP contribution in [-0.4, -0.2) is 27.0 Å². The molecule has 2 heterocycles. The smallest absolute Gasteiger partial charge is 0.231 e. The number of hydrogen-bond acceptors (Lipinski definition) is 7. The molecule has 2 N–H and O–H groups in total. The third-order valence-corrected chi connectivity index (χ3v) is 4.31. The highest BCUT2D eigenvalue weighted by Crippen LogP contribution is 2.26. The van der Waals surface area contributed by atoms with E-state index in [1.807, 2.05) is 30.3 Å². The summed E-state index contributed by atoms with van der Waals surface area (Å²) in [6.45, 7) is 4.13. The molecule has 28 heavy (non-hydrogen) atoms. The van der Waals surface area contributed by atoms with Crippen LogP contribution in [0.2, 0.25) is 0 Å². The fourth-order valence-electron chi connectivity index (χ4n) is 2.89. The molecule has 0 aliphatic carbocycles. The first kappa shape index (κ1) is 17.7. The highest BCUT2D eigenvalue weighted by Gasteiger charge is 2.11. The Bertz CT molecular complexity index is 1130. The molecule has 7 heteroatoms.